The van der Waals surface area contributed by atoms with Gasteiger partial charge in [0.25, 0.3) is 5.91 Å². The summed E-state index contributed by atoms with van der Waals surface area (Å²) in [4.78, 5) is 20.0. The number of nitrogens with zero attached hydrogens (tertiary/aromatic N) is 3. The Bertz CT molecular complexity index is 476. The van der Waals surface area contributed by atoms with E-state index in [0.29, 0.717) is 11.5 Å². The molecule has 1 fully saturated rings. The molecule has 6 nitrogen and oxygen atoms in total. The van der Waals surface area contributed by atoms with Crippen molar-refractivity contribution >= 4 is 11.7 Å². The Balaban J connectivity index is 1.76. The van der Waals surface area contributed by atoms with E-state index in [9.17, 15) is 9.90 Å². The number of aliphatic hydroxyl groups excluding tert-OH is 1. The molecule has 2 rings (SSSR count). The monoisotopic (exact) mass is 306 g/mol. The number of hydrogen-bond donors (Lipinski definition) is 2. The lowest BCUT2D eigenvalue weighted by atomic mass is 9.99. The third-order valence-corrected chi connectivity index (χ3v) is 4.01. The van der Waals surface area contributed by atoms with Crippen LogP contribution in [-0.4, -0.2) is 72.7 Å². The van der Waals surface area contributed by atoms with Gasteiger partial charge in [0.2, 0.25) is 0 Å². The van der Waals surface area contributed by atoms with Crippen molar-refractivity contribution in [2.24, 2.45) is 5.92 Å². The number of hydrogen-bond acceptors (Lipinski definition) is 5. The number of carbonyl (C=O) groups is 1. The summed E-state index contributed by atoms with van der Waals surface area (Å²) in [6.07, 6.45) is 3.89. The van der Waals surface area contributed by atoms with E-state index in [0.717, 1.165) is 44.8 Å². The van der Waals surface area contributed by atoms with Crippen LogP contribution in [-0.2, 0) is 0 Å². The van der Waals surface area contributed by atoms with Crippen LogP contribution in [0.2, 0.25) is 0 Å². The number of aromatic nitrogens is 1. The zero-order valence-corrected chi connectivity index (χ0v) is 13.5. The molecule has 6 heteroatoms. The smallest absolute Gasteiger partial charge is 0.254 e. The van der Waals surface area contributed by atoms with Crippen molar-refractivity contribution < 1.29 is 9.90 Å². The number of rotatable bonds is 6. The lowest BCUT2D eigenvalue weighted by molar-refractivity contribution is 0.0827. The Hall–Kier alpha value is -1.66. The van der Waals surface area contributed by atoms with Gasteiger partial charge in [0, 0.05) is 46.5 Å². The third-order valence-electron chi connectivity index (χ3n) is 4.01. The molecule has 1 atom stereocenters. The highest BCUT2D eigenvalue weighted by Gasteiger charge is 2.18. The van der Waals surface area contributed by atoms with Crippen molar-refractivity contribution in [1.29, 1.82) is 0 Å². The highest BCUT2D eigenvalue weighted by atomic mass is 16.3. The van der Waals surface area contributed by atoms with Crippen LogP contribution in [0.5, 0.6) is 0 Å². The van der Waals surface area contributed by atoms with Crippen LogP contribution in [0.1, 0.15) is 23.2 Å². The lowest BCUT2D eigenvalue weighted by Crippen LogP contribution is -2.39. The van der Waals surface area contributed by atoms with Gasteiger partial charge in [0.05, 0.1) is 5.56 Å². The predicted octanol–water partition coefficient (Wildman–Crippen LogP) is 0.900. The Kier molecular flexibility index (Phi) is 6.15. The van der Waals surface area contributed by atoms with E-state index in [2.05, 4.69) is 15.2 Å². The highest BCUT2D eigenvalue weighted by Crippen LogP contribution is 2.15. The van der Waals surface area contributed by atoms with E-state index >= 15 is 0 Å². The predicted molar refractivity (Wildman–Crippen MR) is 87.0 cm³/mol. The number of anilines is 1. The van der Waals surface area contributed by atoms with Crippen LogP contribution in [0.4, 0.5) is 5.82 Å². The van der Waals surface area contributed by atoms with Gasteiger partial charge in [-0.1, -0.05) is 0 Å². The summed E-state index contributed by atoms with van der Waals surface area (Å²) in [5.41, 5.74) is 0.595. The van der Waals surface area contributed by atoms with Gasteiger partial charge in [0.15, 0.2) is 0 Å². The molecule has 1 aromatic heterocycles. The van der Waals surface area contributed by atoms with E-state index in [4.69, 9.17) is 0 Å². The summed E-state index contributed by atoms with van der Waals surface area (Å²) >= 11 is 0. The molecule has 0 aliphatic carbocycles. The molecule has 1 aliphatic rings. The maximum atomic E-state index is 11.8. The van der Waals surface area contributed by atoms with Crippen LogP contribution in [0.15, 0.2) is 18.3 Å². The van der Waals surface area contributed by atoms with Crippen molar-refractivity contribution in [2.75, 3.05) is 52.2 Å². The second-order valence-corrected chi connectivity index (χ2v) is 6.05. The van der Waals surface area contributed by atoms with Crippen molar-refractivity contribution in [3.05, 3.63) is 23.9 Å². The molecule has 0 aromatic carbocycles. The van der Waals surface area contributed by atoms with Crippen LogP contribution < -0.4 is 5.32 Å². The fourth-order valence-electron chi connectivity index (χ4n) is 2.73. The quantitative estimate of drug-likeness (QED) is 0.817. The van der Waals surface area contributed by atoms with Crippen molar-refractivity contribution in [3.63, 3.8) is 0 Å². The molecule has 1 amide bonds. The van der Waals surface area contributed by atoms with Gasteiger partial charge in [-0.05, 0) is 37.4 Å². The Morgan fingerprint density at radius 1 is 1.50 bits per heavy atom. The molecule has 0 radical (unpaired) electrons. The minimum atomic E-state index is -0.0394. The molecular formula is C16H26N4O2. The minimum absolute atomic E-state index is 0.0394. The normalized spacial score (nSPS) is 19.0. The van der Waals surface area contributed by atoms with Crippen molar-refractivity contribution in [2.45, 2.75) is 12.8 Å². The molecule has 0 bridgehead atoms. The first-order valence-electron chi connectivity index (χ1n) is 7.85. The lowest BCUT2D eigenvalue weighted by Gasteiger charge is -2.31. The first-order valence-corrected chi connectivity index (χ1v) is 7.85. The average Bonchev–Trinajstić information content (AvgIpc) is 2.55. The third kappa shape index (κ3) is 4.68. The largest absolute Gasteiger partial charge is 0.396 e. The van der Waals surface area contributed by atoms with Gasteiger partial charge in [-0.3, -0.25) is 4.79 Å². The summed E-state index contributed by atoms with van der Waals surface area (Å²) in [5.74, 6) is 1.16. The molecular weight excluding hydrogens is 280 g/mol. The standard InChI is InChI=1S/C16H26N4O2/c1-19(2)16(22)14-5-6-15(18-10-14)17-7-9-20-8-3-4-13(11-20)12-21/h5-6,10,13,21H,3-4,7-9,11-12H2,1-2H3,(H,17,18). The van der Waals surface area contributed by atoms with Gasteiger partial charge in [-0.2, -0.15) is 0 Å². The summed E-state index contributed by atoms with van der Waals surface area (Å²) < 4.78 is 0. The Labute approximate surface area is 132 Å². The SMILES string of the molecule is CN(C)C(=O)c1ccc(NCCN2CCCC(CO)C2)nc1. The van der Waals surface area contributed by atoms with E-state index < -0.39 is 0 Å². The molecule has 1 aromatic rings. The van der Waals surface area contributed by atoms with E-state index in [1.807, 2.05) is 6.07 Å². The van der Waals surface area contributed by atoms with Crippen LogP contribution in [0, 0.1) is 5.92 Å². The second kappa shape index (κ2) is 8.10. The summed E-state index contributed by atoms with van der Waals surface area (Å²) in [5, 5.41) is 12.5. The Morgan fingerprint density at radius 3 is 2.95 bits per heavy atom. The second-order valence-electron chi connectivity index (χ2n) is 6.05. The molecule has 1 aliphatic heterocycles. The van der Waals surface area contributed by atoms with Crippen LogP contribution in [0.3, 0.4) is 0 Å². The van der Waals surface area contributed by atoms with Gasteiger partial charge in [-0.25, -0.2) is 4.98 Å². The number of carbonyl (C=O) groups excluding carboxylic acids is 1. The maximum Gasteiger partial charge on any atom is 0.254 e. The van der Waals surface area contributed by atoms with Gasteiger partial charge in [-0.15, -0.1) is 0 Å². The Morgan fingerprint density at radius 2 is 2.32 bits per heavy atom. The first-order chi connectivity index (χ1) is 10.6. The highest BCUT2D eigenvalue weighted by molar-refractivity contribution is 5.93. The molecule has 2 heterocycles. The number of aliphatic hydroxyl groups is 1. The van der Waals surface area contributed by atoms with Crippen molar-refractivity contribution in [3.8, 4) is 0 Å². The van der Waals surface area contributed by atoms with E-state index in [1.165, 1.54) is 4.90 Å². The fraction of sp³-hybridized carbons (Fsp3) is 0.625. The zero-order valence-electron chi connectivity index (χ0n) is 13.5. The number of likely N-dealkylation sites (tertiary alicyclic amines) is 1. The maximum absolute atomic E-state index is 11.8. The summed E-state index contributed by atoms with van der Waals surface area (Å²) in [6.45, 7) is 4.11. The van der Waals surface area contributed by atoms with Gasteiger partial charge < -0.3 is 20.2 Å². The van der Waals surface area contributed by atoms with Gasteiger partial charge >= 0.3 is 0 Å². The fourth-order valence-corrected chi connectivity index (χ4v) is 2.73. The molecule has 0 spiro atoms. The number of amides is 1. The van der Waals surface area contributed by atoms with Crippen LogP contribution in [0.25, 0.3) is 0 Å². The number of pyridine rings is 1. The topological polar surface area (TPSA) is 68.7 Å². The number of nitrogens with one attached hydrogen (secondary N) is 1. The number of piperidine rings is 1. The molecule has 122 valence electrons. The van der Waals surface area contributed by atoms with Crippen molar-refractivity contribution in [1.82, 2.24) is 14.8 Å². The zero-order chi connectivity index (χ0) is 15.9. The molecule has 1 saturated heterocycles. The molecule has 1 unspecified atom stereocenters. The molecule has 2 N–H and O–H groups in total. The molecule has 0 saturated carbocycles. The van der Waals surface area contributed by atoms with E-state index in [1.54, 1.807) is 26.4 Å². The van der Waals surface area contributed by atoms with Gasteiger partial charge in [0.1, 0.15) is 5.82 Å². The average molecular weight is 306 g/mol. The molecule has 22 heavy (non-hydrogen) atoms. The minimum Gasteiger partial charge on any atom is -0.396 e. The first kappa shape index (κ1) is 16.7. The van der Waals surface area contributed by atoms with Crippen LogP contribution >= 0.6 is 0 Å². The summed E-state index contributed by atoms with van der Waals surface area (Å²) in [6, 6.07) is 3.63. The summed E-state index contributed by atoms with van der Waals surface area (Å²) in [7, 11) is 3.46. The van der Waals surface area contributed by atoms with E-state index in [-0.39, 0.29) is 12.5 Å².